The molecule has 0 radical (unpaired) electrons. The summed E-state index contributed by atoms with van der Waals surface area (Å²) in [4.78, 5) is 16.9. The highest BCUT2D eigenvalue weighted by Crippen LogP contribution is 2.27. The fraction of sp³-hybridized carbons (Fsp3) is 0.320. The Balaban J connectivity index is 1.33. The minimum absolute atomic E-state index is 0.0870. The fourth-order valence-corrected chi connectivity index (χ4v) is 4.64. The van der Waals surface area contributed by atoms with E-state index in [0.29, 0.717) is 24.2 Å². The van der Waals surface area contributed by atoms with E-state index in [9.17, 15) is 9.90 Å². The van der Waals surface area contributed by atoms with Crippen LogP contribution in [-0.2, 0) is 39.0 Å². The highest BCUT2D eigenvalue weighted by molar-refractivity contribution is 5.37. The summed E-state index contributed by atoms with van der Waals surface area (Å²) in [6, 6.07) is 16.9. The van der Waals surface area contributed by atoms with Crippen LogP contribution in [-0.4, -0.2) is 28.0 Å². The normalized spacial score (nSPS) is 16.8. The zero-order chi connectivity index (χ0) is 20.5. The standard InChI is InChI=1S/C25H26N2O3/c28-24-22(15-26-11-9-18-5-1-3-7-20(18)13-26)17-30-25(29)23(24)16-27-12-10-19-6-2-4-8-21(19)14-27/h1-8,17,28H,9-16H2. The van der Waals surface area contributed by atoms with Crippen molar-refractivity contribution in [3.63, 3.8) is 0 Å². The number of aromatic hydroxyl groups is 1. The molecule has 0 amide bonds. The second-order valence-electron chi connectivity index (χ2n) is 8.33. The van der Waals surface area contributed by atoms with Gasteiger partial charge in [0.15, 0.2) is 0 Å². The van der Waals surface area contributed by atoms with Gasteiger partial charge in [0.2, 0.25) is 0 Å². The highest BCUT2D eigenvalue weighted by atomic mass is 16.4. The molecule has 1 aromatic heterocycles. The number of rotatable bonds is 4. The summed E-state index contributed by atoms with van der Waals surface area (Å²) in [5.41, 5.74) is 5.97. The van der Waals surface area contributed by atoms with Crippen molar-refractivity contribution >= 4 is 0 Å². The number of hydrogen-bond donors (Lipinski definition) is 1. The smallest absolute Gasteiger partial charge is 0.343 e. The summed E-state index contributed by atoms with van der Waals surface area (Å²) in [6.07, 6.45) is 3.37. The Labute approximate surface area is 176 Å². The van der Waals surface area contributed by atoms with Gasteiger partial charge in [0.05, 0.1) is 5.56 Å². The van der Waals surface area contributed by atoms with Crippen LogP contribution in [0.4, 0.5) is 0 Å². The van der Waals surface area contributed by atoms with Gasteiger partial charge in [-0.05, 0) is 35.1 Å². The van der Waals surface area contributed by atoms with Gasteiger partial charge in [-0.2, -0.15) is 0 Å². The van der Waals surface area contributed by atoms with Crippen LogP contribution in [0.15, 0.2) is 64.0 Å². The lowest BCUT2D eigenvalue weighted by Gasteiger charge is -2.30. The summed E-state index contributed by atoms with van der Waals surface area (Å²) < 4.78 is 5.32. The molecule has 5 rings (SSSR count). The van der Waals surface area contributed by atoms with Crippen molar-refractivity contribution < 1.29 is 9.52 Å². The first-order valence-electron chi connectivity index (χ1n) is 10.6. The molecule has 0 unspecified atom stereocenters. The van der Waals surface area contributed by atoms with Crippen LogP contribution in [0, 0.1) is 0 Å². The lowest BCUT2D eigenvalue weighted by Crippen LogP contribution is -2.32. The molecule has 2 aliphatic rings. The number of nitrogens with zero attached hydrogens (tertiary/aromatic N) is 2. The Hall–Kier alpha value is -2.89. The Morgan fingerprint density at radius 2 is 1.33 bits per heavy atom. The molecule has 2 aromatic carbocycles. The molecule has 3 aromatic rings. The monoisotopic (exact) mass is 402 g/mol. The molecule has 2 aliphatic heterocycles. The summed E-state index contributed by atoms with van der Waals surface area (Å²) >= 11 is 0. The molecule has 3 heterocycles. The molecular formula is C25H26N2O3. The summed E-state index contributed by atoms with van der Waals surface area (Å²) in [5, 5.41) is 10.9. The van der Waals surface area contributed by atoms with Crippen molar-refractivity contribution in [2.24, 2.45) is 0 Å². The summed E-state index contributed by atoms with van der Waals surface area (Å²) in [6.45, 7) is 4.38. The van der Waals surface area contributed by atoms with Gasteiger partial charge >= 0.3 is 5.63 Å². The van der Waals surface area contributed by atoms with Gasteiger partial charge in [-0.15, -0.1) is 0 Å². The third-order valence-corrected chi connectivity index (χ3v) is 6.34. The minimum atomic E-state index is -0.445. The van der Waals surface area contributed by atoms with Crippen molar-refractivity contribution in [3.8, 4) is 5.75 Å². The zero-order valence-corrected chi connectivity index (χ0v) is 17.0. The third-order valence-electron chi connectivity index (χ3n) is 6.34. The maximum Gasteiger partial charge on any atom is 0.343 e. The van der Waals surface area contributed by atoms with Crippen molar-refractivity contribution in [3.05, 3.63) is 98.6 Å². The molecule has 5 heteroatoms. The van der Waals surface area contributed by atoms with Crippen LogP contribution in [0.2, 0.25) is 0 Å². The van der Waals surface area contributed by atoms with Gasteiger partial charge < -0.3 is 9.52 Å². The second-order valence-corrected chi connectivity index (χ2v) is 8.33. The quantitative estimate of drug-likeness (QED) is 0.724. The van der Waals surface area contributed by atoms with E-state index in [4.69, 9.17) is 4.42 Å². The average molecular weight is 402 g/mol. The molecule has 0 saturated heterocycles. The Morgan fingerprint density at radius 1 is 0.800 bits per heavy atom. The lowest BCUT2D eigenvalue weighted by atomic mass is 9.99. The topological polar surface area (TPSA) is 56.9 Å². The van der Waals surface area contributed by atoms with Gasteiger partial charge in [-0.25, -0.2) is 4.79 Å². The van der Waals surface area contributed by atoms with Crippen LogP contribution in [0.5, 0.6) is 5.75 Å². The predicted octanol–water partition coefficient (Wildman–Crippen LogP) is 3.46. The second kappa shape index (κ2) is 8.09. The van der Waals surface area contributed by atoms with E-state index in [0.717, 1.165) is 39.0 Å². The largest absolute Gasteiger partial charge is 0.507 e. The van der Waals surface area contributed by atoms with Crippen molar-refractivity contribution in [2.45, 2.75) is 39.0 Å². The van der Waals surface area contributed by atoms with E-state index < -0.39 is 5.63 Å². The highest BCUT2D eigenvalue weighted by Gasteiger charge is 2.23. The lowest BCUT2D eigenvalue weighted by molar-refractivity contribution is 0.228. The van der Waals surface area contributed by atoms with Gasteiger partial charge in [0, 0.05) is 44.8 Å². The molecule has 30 heavy (non-hydrogen) atoms. The van der Waals surface area contributed by atoms with Gasteiger partial charge in [0.25, 0.3) is 0 Å². The molecular weight excluding hydrogens is 376 g/mol. The fourth-order valence-electron chi connectivity index (χ4n) is 4.64. The van der Waals surface area contributed by atoms with Crippen molar-refractivity contribution in [1.29, 1.82) is 0 Å². The first-order chi connectivity index (χ1) is 14.7. The van der Waals surface area contributed by atoms with Crippen LogP contribution in [0.3, 0.4) is 0 Å². The molecule has 154 valence electrons. The summed E-state index contributed by atoms with van der Waals surface area (Å²) in [7, 11) is 0. The molecule has 0 saturated carbocycles. The molecule has 0 aliphatic carbocycles. The average Bonchev–Trinajstić information content (AvgIpc) is 2.78. The number of benzene rings is 2. The van der Waals surface area contributed by atoms with Crippen molar-refractivity contribution in [1.82, 2.24) is 9.80 Å². The van der Waals surface area contributed by atoms with E-state index in [2.05, 4.69) is 52.3 Å². The number of fused-ring (bicyclic) bond motifs is 2. The Morgan fingerprint density at radius 3 is 1.93 bits per heavy atom. The van der Waals surface area contributed by atoms with Crippen LogP contribution in [0.1, 0.15) is 33.4 Å². The third kappa shape index (κ3) is 3.78. The van der Waals surface area contributed by atoms with E-state index in [1.165, 1.54) is 28.5 Å². The number of hydrogen-bond acceptors (Lipinski definition) is 5. The first-order valence-corrected chi connectivity index (χ1v) is 10.6. The maximum atomic E-state index is 12.4. The maximum absolute atomic E-state index is 12.4. The first kappa shape index (κ1) is 19.1. The van der Waals surface area contributed by atoms with E-state index in [-0.39, 0.29) is 5.75 Å². The molecule has 0 atom stereocenters. The van der Waals surface area contributed by atoms with Crippen LogP contribution >= 0.6 is 0 Å². The van der Waals surface area contributed by atoms with E-state index in [1.807, 2.05) is 6.07 Å². The van der Waals surface area contributed by atoms with E-state index in [1.54, 1.807) is 0 Å². The van der Waals surface area contributed by atoms with Gasteiger partial charge in [-0.3, -0.25) is 9.80 Å². The Bertz CT molecular complexity index is 1120. The van der Waals surface area contributed by atoms with Crippen molar-refractivity contribution in [2.75, 3.05) is 13.1 Å². The van der Waals surface area contributed by atoms with E-state index >= 15 is 0 Å². The van der Waals surface area contributed by atoms with Crippen LogP contribution in [0.25, 0.3) is 0 Å². The van der Waals surface area contributed by atoms with Gasteiger partial charge in [-0.1, -0.05) is 48.5 Å². The van der Waals surface area contributed by atoms with Gasteiger partial charge in [0.1, 0.15) is 12.0 Å². The Kier molecular flexibility index (Phi) is 5.15. The molecule has 1 N–H and O–H groups in total. The molecule has 0 fully saturated rings. The minimum Gasteiger partial charge on any atom is -0.507 e. The van der Waals surface area contributed by atoms with Crippen LogP contribution < -0.4 is 5.63 Å². The summed E-state index contributed by atoms with van der Waals surface area (Å²) in [5.74, 6) is 0.0870. The molecule has 0 spiro atoms. The SMILES string of the molecule is O=c1occ(CN2CCc3ccccc3C2)c(O)c1CN1CCc2ccccc2C1. The predicted molar refractivity (Wildman–Crippen MR) is 115 cm³/mol. The zero-order valence-electron chi connectivity index (χ0n) is 17.0. The molecule has 0 bridgehead atoms. The molecule has 5 nitrogen and oxygen atoms in total.